The SMILES string of the molecule is N=C(NCc1ccccc1)Nc1cccc(C(=O)NCC(=O)Nc2ncccc2CCC(=O)O)c1. The molecule has 0 saturated heterocycles. The molecule has 1 aromatic heterocycles. The van der Waals surface area contributed by atoms with Gasteiger partial charge in [-0.2, -0.15) is 0 Å². The summed E-state index contributed by atoms with van der Waals surface area (Å²) in [5.74, 6) is -1.55. The van der Waals surface area contributed by atoms with Crippen LogP contribution in [0.25, 0.3) is 0 Å². The summed E-state index contributed by atoms with van der Waals surface area (Å²) in [4.78, 5) is 39.7. The lowest BCUT2D eigenvalue weighted by Crippen LogP contribution is -2.33. The van der Waals surface area contributed by atoms with Crippen molar-refractivity contribution < 1.29 is 19.5 Å². The third kappa shape index (κ3) is 8.28. The maximum atomic E-state index is 12.5. The Kier molecular flexibility index (Phi) is 8.89. The average Bonchev–Trinajstić information content (AvgIpc) is 2.86. The van der Waals surface area contributed by atoms with Gasteiger partial charge in [-0.25, -0.2) is 4.98 Å². The van der Waals surface area contributed by atoms with Gasteiger partial charge in [0.25, 0.3) is 5.91 Å². The summed E-state index contributed by atoms with van der Waals surface area (Å²) in [5, 5.41) is 27.9. The number of amides is 2. The van der Waals surface area contributed by atoms with Crippen molar-refractivity contribution in [1.82, 2.24) is 15.6 Å². The topological polar surface area (TPSA) is 156 Å². The van der Waals surface area contributed by atoms with Crippen LogP contribution >= 0.6 is 0 Å². The van der Waals surface area contributed by atoms with Crippen molar-refractivity contribution in [3.05, 3.63) is 89.6 Å². The monoisotopic (exact) mass is 474 g/mol. The van der Waals surface area contributed by atoms with Crippen LogP contribution in [0.1, 0.15) is 27.9 Å². The van der Waals surface area contributed by atoms with Gasteiger partial charge in [0, 0.05) is 30.4 Å². The highest BCUT2D eigenvalue weighted by Crippen LogP contribution is 2.14. The molecule has 6 N–H and O–H groups in total. The quantitative estimate of drug-likeness (QED) is 0.195. The van der Waals surface area contributed by atoms with Gasteiger partial charge in [0.1, 0.15) is 5.82 Å². The van der Waals surface area contributed by atoms with E-state index in [9.17, 15) is 14.4 Å². The van der Waals surface area contributed by atoms with Gasteiger partial charge in [-0.3, -0.25) is 19.8 Å². The van der Waals surface area contributed by atoms with E-state index < -0.39 is 17.8 Å². The zero-order valence-corrected chi connectivity index (χ0v) is 18.9. The number of carboxylic acid groups (broad SMARTS) is 1. The molecule has 0 unspecified atom stereocenters. The smallest absolute Gasteiger partial charge is 0.303 e. The van der Waals surface area contributed by atoms with Gasteiger partial charge >= 0.3 is 5.97 Å². The molecular formula is C25H26N6O4. The predicted molar refractivity (Wildman–Crippen MR) is 132 cm³/mol. The minimum atomic E-state index is -0.947. The zero-order chi connectivity index (χ0) is 25.0. The van der Waals surface area contributed by atoms with E-state index in [-0.39, 0.29) is 31.2 Å². The average molecular weight is 475 g/mol. The molecule has 0 radical (unpaired) electrons. The molecule has 180 valence electrons. The summed E-state index contributed by atoms with van der Waals surface area (Å²) in [6.45, 7) is 0.191. The maximum absolute atomic E-state index is 12.5. The standard InChI is InChI=1S/C25H26N6O4/c26-25(29-15-17-6-2-1-3-7-17)30-20-10-4-8-19(14-20)24(35)28-16-21(32)31-23-18(9-5-13-27-23)11-12-22(33)34/h1-10,13-14H,11-12,15-16H2,(H,28,35)(H,33,34)(H3,26,29,30)(H,27,31,32). The number of nitrogens with zero attached hydrogens (tertiary/aromatic N) is 1. The highest BCUT2D eigenvalue weighted by molar-refractivity contribution is 6.00. The summed E-state index contributed by atoms with van der Waals surface area (Å²) in [6, 6.07) is 19.6. The van der Waals surface area contributed by atoms with Gasteiger partial charge < -0.3 is 26.4 Å². The maximum Gasteiger partial charge on any atom is 0.303 e. The van der Waals surface area contributed by atoms with Crippen LogP contribution in [-0.4, -0.2) is 40.4 Å². The molecule has 0 aliphatic rings. The van der Waals surface area contributed by atoms with E-state index in [2.05, 4.69) is 26.3 Å². The molecule has 1 heterocycles. The Bertz CT molecular complexity index is 1200. The first-order valence-corrected chi connectivity index (χ1v) is 10.9. The number of carboxylic acids is 1. The van der Waals surface area contributed by atoms with Crippen LogP contribution in [-0.2, 0) is 22.6 Å². The van der Waals surface area contributed by atoms with Gasteiger partial charge in [0.05, 0.1) is 6.54 Å². The summed E-state index contributed by atoms with van der Waals surface area (Å²) in [6.07, 6.45) is 1.62. The van der Waals surface area contributed by atoms with Gasteiger partial charge in [-0.1, -0.05) is 42.5 Å². The van der Waals surface area contributed by atoms with Crippen LogP contribution in [0.5, 0.6) is 0 Å². The van der Waals surface area contributed by atoms with Crippen LogP contribution in [0.2, 0.25) is 0 Å². The van der Waals surface area contributed by atoms with E-state index in [1.165, 1.54) is 6.20 Å². The van der Waals surface area contributed by atoms with Crippen molar-refractivity contribution >= 4 is 35.2 Å². The fourth-order valence-electron chi connectivity index (χ4n) is 3.15. The Hall–Kier alpha value is -4.73. The van der Waals surface area contributed by atoms with E-state index in [4.69, 9.17) is 10.5 Å². The summed E-state index contributed by atoms with van der Waals surface area (Å²) >= 11 is 0. The van der Waals surface area contributed by atoms with Crippen LogP contribution in [0.4, 0.5) is 11.5 Å². The number of hydrogen-bond donors (Lipinski definition) is 6. The van der Waals surface area contributed by atoms with Crippen molar-refractivity contribution in [2.24, 2.45) is 0 Å². The minimum absolute atomic E-state index is 0.0832. The molecule has 2 amide bonds. The molecule has 0 aliphatic carbocycles. The first-order valence-electron chi connectivity index (χ1n) is 10.9. The second-order valence-corrected chi connectivity index (χ2v) is 7.56. The van der Waals surface area contributed by atoms with E-state index in [0.717, 1.165) is 5.56 Å². The number of rotatable bonds is 10. The van der Waals surface area contributed by atoms with Crippen LogP contribution in [0.15, 0.2) is 72.9 Å². The Morgan fingerprint density at radius 1 is 0.914 bits per heavy atom. The van der Waals surface area contributed by atoms with Gasteiger partial charge in [-0.15, -0.1) is 0 Å². The van der Waals surface area contributed by atoms with Crippen molar-refractivity contribution in [2.45, 2.75) is 19.4 Å². The van der Waals surface area contributed by atoms with Crippen molar-refractivity contribution in [3.63, 3.8) is 0 Å². The van der Waals surface area contributed by atoms with Crippen molar-refractivity contribution in [1.29, 1.82) is 5.41 Å². The number of aliphatic carboxylic acids is 1. The molecular weight excluding hydrogens is 448 g/mol. The number of guanidine groups is 1. The lowest BCUT2D eigenvalue weighted by atomic mass is 10.1. The van der Waals surface area contributed by atoms with Crippen molar-refractivity contribution in [3.8, 4) is 0 Å². The first kappa shape index (κ1) is 24.9. The Morgan fingerprint density at radius 2 is 1.71 bits per heavy atom. The highest BCUT2D eigenvalue weighted by Gasteiger charge is 2.12. The summed E-state index contributed by atoms with van der Waals surface area (Å²) < 4.78 is 0. The molecule has 10 nitrogen and oxygen atoms in total. The molecule has 3 aromatic rings. The number of benzene rings is 2. The highest BCUT2D eigenvalue weighted by atomic mass is 16.4. The second kappa shape index (κ2) is 12.5. The predicted octanol–water partition coefficient (Wildman–Crippen LogP) is 2.60. The van der Waals surface area contributed by atoms with Crippen molar-refractivity contribution in [2.75, 3.05) is 17.2 Å². The van der Waals surface area contributed by atoms with Crippen LogP contribution in [0, 0.1) is 5.41 Å². The molecule has 0 bridgehead atoms. The summed E-state index contributed by atoms with van der Waals surface area (Å²) in [7, 11) is 0. The van der Waals surface area contributed by atoms with Gasteiger partial charge in [0.15, 0.2) is 5.96 Å². The largest absolute Gasteiger partial charge is 0.481 e. The number of carbonyl (C=O) groups excluding carboxylic acids is 2. The van der Waals surface area contributed by atoms with Crippen LogP contribution < -0.4 is 21.3 Å². The van der Waals surface area contributed by atoms with E-state index >= 15 is 0 Å². The fraction of sp³-hybridized carbons (Fsp3) is 0.160. The van der Waals surface area contributed by atoms with Gasteiger partial charge in [-0.05, 0) is 41.8 Å². The third-order valence-corrected chi connectivity index (χ3v) is 4.87. The molecule has 3 rings (SSSR count). The molecule has 2 aromatic carbocycles. The fourth-order valence-corrected chi connectivity index (χ4v) is 3.15. The number of pyridine rings is 1. The van der Waals surface area contributed by atoms with Gasteiger partial charge in [0.2, 0.25) is 5.91 Å². The van der Waals surface area contributed by atoms with E-state index in [1.807, 2.05) is 30.3 Å². The molecule has 35 heavy (non-hydrogen) atoms. The Morgan fingerprint density at radius 3 is 2.49 bits per heavy atom. The second-order valence-electron chi connectivity index (χ2n) is 7.56. The Labute approximate surface area is 202 Å². The molecule has 10 heteroatoms. The lowest BCUT2D eigenvalue weighted by molar-refractivity contribution is -0.137. The number of carbonyl (C=O) groups is 3. The van der Waals surface area contributed by atoms with Crippen LogP contribution in [0.3, 0.4) is 0 Å². The normalized spacial score (nSPS) is 10.2. The first-order chi connectivity index (χ1) is 16.9. The number of nitrogens with one attached hydrogen (secondary N) is 5. The number of anilines is 2. The molecule has 0 aliphatic heterocycles. The molecule has 0 fully saturated rings. The number of hydrogen-bond acceptors (Lipinski definition) is 5. The Balaban J connectivity index is 1.49. The number of aryl methyl sites for hydroxylation is 1. The minimum Gasteiger partial charge on any atom is -0.481 e. The molecule has 0 spiro atoms. The molecule has 0 atom stereocenters. The van der Waals surface area contributed by atoms with E-state index in [0.29, 0.717) is 23.4 Å². The van der Waals surface area contributed by atoms with E-state index in [1.54, 1.807) is 36.4 Å². The zero-order valence-electron chi connectivity index (χ0n) is 18.9. The molecule has 0 saturated carbocycles. The lowest BCUT2D eigenvalue weighted by Gasteiger charge is -2.12. The summed E-state index contributed by atoms with van der Waals surface area (Å²) in [5.41, 5.74) is 2.49. The third-order valence-electron chi connectivity index (χ3n) is 4.87. The number of aromatic nitrogens is 1.